The number of hydrogen-bond acceptors (Lipinski definition) is 1. The van der Waals surface area contributed by atoms with Crippen molar-refractivity contribution in [3.05, 3.63) is 35.1 Å². The average molecular weight is 248 g/mol. The minimum absolute atomic E-state index is 0.189. The molecule has 1 aromatic rings. The van der Waals surface area contributed by atoms with Gasteiger partial charge in [-0.15, -0.1) is 0 Å². The molecule has 0 radical (unpaired) electrons. The summed E-state index contributed by atoms with van der Waals surface area (Å²) in [6.45, 7) is 1.92. The van der Waals surface area contributed by atoms with Crippen molar-refractivity contribution in [2.75, 3.05) is 0 Å². The normalized spacial score (nSPS) is 31.8. The first kappa shape index (κ1) is 12.2. The highest BCUT2D eigenvalue weighted by Crippen LogP contribution is 2.57. The van der Waals surface area contributed by atoms with Gasteiger partial charge in [-0.2, -0.15) is 0 Å². The van der Waals surface area contributed by atoms with Crippen molar-refractivity contribution in [3.63, 3.8) is 0 Å². The molecule has 2 saturated carbocycles. The Morgan fingerprint density at radius 3 is 2.56 bits per heavy atom. The molecule has 3 atom stereocenters. The van der Waals surface area contributed by atoms with Gasteiger partial charge in [0.25, 0.3) is 0 Å². The first-order chi connectivity index (χ1) is 8.66. The summed E-state index contributed by atoms with van der Waals surface area (Å²) in [6, 6.07) is 4.87. The fourth-order valence-electron chi connectivity index (χ4n) is 3.87. The van der Waals surface area contributed by atoms with Gasteiger partial charge in [-0.3, -0.25) is 0 Å². The molecular weight excluding hydrogens is 227 g/mol. The minimum atomic E-state index is -0.234. The van der Waals surface area contributed by atoms with Gasteiger partial charge in [-0.05, 0) is 67.2 Å². The van der Waals surface area contributed by atoms with Crippen LogP contribution in [0.5, 0.6) is 0 Å². The van der Waals surface area contributed by atoms with Crippen molar-refractivity contribution in [1.82, 2.24) is 0 Å². The van der Waals surface area contributed by atoms with Crippen LogP contribution < -0.4 is 0 Å². The van der Waals surface area contributed by atoms with E-state index in [2.05, 4.69) is 0 Å². The second-order valence-electron chi connectivity index (χ2n) is 6.03. The first-order valence-electron chi connectivity index (χ1n) is 7.10. The van der Waals surface area contributed by atoms with Crippen molar-refractivity contribution in [3.8, 4) is 0 Å². The second-order valence-corrected chi connectivity index (χ2v) is 6.03. The van der Waals surface area contributed by atoms with Gasteiger partial charge in [0.1, 0.15) is 5.82 Å². The van der Waals surface area contributed by atoms with Crippen LogP contribution in [0.4, 0.5) is 4.39 Å². The third-order valence-corrected chi connectivity index (χ3v) is 4.90. The van der Waals surface area contributed by atoms with Gasteiger partial charge in [-0.25, -0.2) is 4.39 Å². The van der Waals surface area contributed by atoms with Crippen molar-refractivity contribution in [1.29, 1.82) is 0 Å². The van der Waals surface area contributed by atoms with Crippen LogP contribution in [-0.2, 0) is 6.42 Å². The SMILES string of the molecule is Cc1cc(F)ccc1CC(O)C1C2CCCCC21. The van der Waals surface area contributed by atoms with Crippen LogP contribution in [0.1, 0.15) is 36.8 Å². The van der Waals surface area contributed by atoms with Crippen LogP contribution in [0, 0.1) is 30.5 Å². The number of rotatable bonds is 3. The Bertz CT molecular complexity index is 431. The molecule has 3 unspecified atom stereocenters. The van der Waals surface area contributed by atoms with Gasteiger partial charge in [-0.1, -0.05) is 18.9 Å². The standard InChI is InChI=1S/C16H21FO/c1-10-8-12(17)7-6-11(10)9-15(18)16-13-4-2-3-5-14(13)16/h6-8,13-16,18H,2-5,9H2,1H3. The molecule has 3 rings (SSSR count). The molecule has 1 nitrogen and oxygen atoms in total. The molecule has 2 aliphatic rings. The van der Waals surface area contributed by atoms with Gasteiger partial charge >= 0.3 is 0 Å². The molecule has 0 amide bonds. The number of aliphatic hydroxyl groups excluding tert-OH is 1. The van der Waals surface area contributed by atoms with E-state index in [1.165, 1.54) is 31.7 Å². The van der Waals surface area contributed by atoms with Crippen LogP contribution in [0.15, 0.2) is 18.2 Å². The summed E-state index contributed by atoms with van der Waals surface area (Å²) in [5.41, 5.74) is 2.05. The van der Waals surface area contributed by atoms with Crippen molar-refractivity contribution in [2.45, 2.75) is 45.1 Å². The summed E-state index contributed by atoms with van der Waals surface area (Å²) >= 11 is 0. The Labute approximate surface area is 108 Å². The van der Waals surface area contributed by atoms with Crippen LogP contribution in [0.3, 0.4) is 0 Å². The zero-order valence-electron chi connectivity index (χ0n) is 10.9. The molecule has 18 heavy (non-hydrogen) atoms. The summed E-state index contributed by atoms with van der Waals surface area (Å²) in [6.07, 6.45) is 5.72. The van der Waals surface area contributed by atoms with E-state index in [1.54, 1.807) is 6.07 Å². The number of fused-ring (bicyclic) bond motifs is 1. The Morgan fingerprint density at radius 2 is 1.94 bits per heavy atom. The van der Waals surface area contributed by atoms with E-state index < -0.39 is 0 Å². The highest BCUT2D eigenvalue weighted by atomic mass is 19.1. The molecule has 2 heteroatoms. The number of benzene rings is 1. The summed E-state index contributed by atoms with van der Waals surface area (Å²) in [4.78, 5) is 0. The van der Waals surface area contributed by atoms with E-state index in [0.29, 0.717) is 12.3 Å². The maximum atomic E-state index is 13.0. The van der Waals surface area contributed by atoms with Crippen LogP contribution in [-0.4, -0.2) is 11.2 Å². The van der Waals surface area contributed by atoms with E-state index in [0.717, 1.165) is 23.0 Å². The molecule has 0 heterocycles. The monoisotopic (exact) mass is 248 g/mol. The molecule has 1 N–H and O–H groups in total. The van der Waals surface area contributed by atoms with Crippen LogP contribution >= 0.6 is 0 Å². The highest BCUT2D eigenvalue weighted by molar-refractivity contribution is 5.27. The summed E-state index contributed by atoms with van der Waals surface area (Å²) < 4.78 is 13.0. The van der Waals surface area contributed by atoms with Gasteiger partial charge in [0.2, 0.25) is 0 Å². The maximum absolute atomic E-state index is 13.0. The fraction of sp³-hybridized carbons (Fsp3) is 0.625. The summed E-state index contributed by atoms with van der Waals surface area (Å²) in [7, 11) is 0. The van der Waals surface area contributed by atoms with Crippen molar-refractivity contribution in [2.24, 2.45) is 17.8 Å². The lowest BCUT2D eigenvalue weighted by Gasteiger charge is -2.12. The molecule has 0 aliphatic heterocycles. The molecule has 2 aliphatic carbocycles. The average Bonchev–Trinajstić information content (AvgIpc) is 3.07. The molecule has 0 bridgehead atoms. The quantitative estimate of drug-likeness (QED) is 0.868. The Balaban J connectivity index is 1.66. The topological polar surface area (TPSA) is 20.2 Å². The van der Waals surface area contributed by atoms with Crippen LogP contribution in [0.25, 0.3) is 0 Å². The zero-order chi connectivity index (χ0) is 12.7. The summed E-state index contributed by atoms with van der Waals surface area (Å²) in [5.74, 6) is 1.87. The van der Waals surface area contributed by atoms with E-state index in [1.807, 2.05) is 13.0 Å². The molecule has 2 fully saturated rings. The third-order valence-electron chi connectivity index (χ3n) is 4.90. The van der Waals surface area contributed by atoms with Gasteiger partial charge in [0.05, 0.1) is 6.10 Å². The third kappa shape index (κ3) is 2.18. The van der Waals surface area contributed by atoms with Crippen molar-refractivity contribution < 1.29 is 9.50 Å². The Kier molecular flexibility index (Phi) is 3.14. The molecule has 0 aromatic heterocycles. The lowest BCUT2D eigenvalue weighted by Crippen LogP contribution is -2.15. The molecule has 98 valence electrons. The van der Waals surface area contributed by atoms with Gasteiger partial charge < -0.3 is 5.11 Å². The first-order valence-corrected chi connectivity index (χ1v) is 7.10. The molecular formula is C16H21FO. The highest BCUT2D eigenvalue weighted by Gasteiger charge is 2.53. The predicted molar refractivity (Wildman–Crippen MR) is 69.8 cm³/mol. The number of halogens is 1. The fourth-order valence-corrected chi connectivity index (χ4v) is 3.87. The molecule has 1 aromatic carbocycles. The maximum Gasteiger partial charge on any atom is 0.123 e. The van der Waals surface area contributed by atoms with Gasteiger partial charge in [0, 0.05) is 0 Å². The van der Waals surface area contributed by atoms with E-state index in [9.17, 15) is 9.50 Å². The number of aliphatic hydroxyl groups is 1. The van der Waals surface area contributed by atoms with E-state index in [-0.39, 0.29) is 11.9 Å². The Morgan fingerprint density at radius 1 is 1.28 bits per heavy atom. The zero-order valence-corrected chi connectivity index (χ0v) is 10.9. The smallest absolute Gasteiger partial charge is 0.123 e. The van der Waals surface area contributed by atoms with E-state index in [4.69, 9.17) is 0 Å². The van der Waals surface area contributed by atoms with Crippen LogP contribution in [0.2, 0.25) is 0 Å². The minimum Gasteiger partial charge on any atom is -0.392 e. The lowest BCUT2D eigenvalue weighted by molar-refractivity contribution is 0.140. The van der Waals surface area contributed by atoms with E-state index >= 15 is 0 Å². The lowest BCUT2D eigenvalue weighted by atomic mass is 9.99. The number of aryl methyl sites for hydroxylation is 1. The second kappa shape index (κ2) is 4.65. The number of hydrogen-bond donors (Lipinski definition) is 1. The largest absolute Gasteiger partial charge is 0.392 e. The van der Waals surface area contributed by atoms with Crippen molar-refractivity contribution >= 4 is 0 Å². The molecule has 0 saturated heterocycles. The predicted octanol–water partition coefficient (Wildman–Crippen LogP) is 3.47. The van der Waals surface area contributed by atoms with Gasteiger partial charge in [0.15, 0.2) is 0 Å². The Hall–Kier alpha value is -0.890. The molecule has 0 spiro atoms. The summed E-state index contributed by atoms with van der Waals surface area (Å²) in [5, 5.41) is 10.4.